The first-order valence-corrected chi connectivity index (χ1v) is 7.61. The molecule has 1 aromatic carbocycles. The molecule has 0 amide bonds. The van der Waals surface area contributed by atoms with Crippen LogP contribution in [0.15, 0.2) is 18.2 Å². The SMILES string of the molecule is COCCC1(CNC2CCc3cc(Cl)ccc32)CC1. The van der Waals surface area contributed by atoms with Gasteiger partial charge >= 0.3 is 0 Å². The van der Waals surface area contributed by atoms with Crippen LogP contribution in [-0.2, 0) is 11.2 Å². The first-order valence-electron chi connectivity index (χ1n) is 7.23. The minimum atomic E-state index is 0.519. The Labute approximate surface area is 120 Å². The molecule has 3 heteroatoms. The Hall–Kier alpha value is -0.570. The average Bonchev–Trinajstić information content (AvgIpc) is 3.08. The molecule has 0 heterocycles. The highest BCUT2D eigenvalue weighted by atomic mass is 35.5. The van der Waals surface area contributed by atoms with E-state index >= 15 is 0 Å². The van der Waals surface area contributed by atoms with Crippen LogP contribution in [0.25, 0.3) is 0 Å². The van der Waals surface area contributed by atoms with E-state index in [-0.39, 0.29) is 0 Å². The van der Waals surface area contributed by atoms with E-state index in [4.69, 9.17) is 16.3 Å². The average molecular weight is 280 g/mol. The molecule has 1 aromatic rings. The quantitative estimate of drug-likeness (QED) is 0.857. The van der Waals surface area contributed by atoms with Gasteiger partial charge in [0, 0.05) is 31.3 Å². The second kappa shape index (κ2) is 5.43. The summed E-state index contributed by atoms with van der Waals surface area (Å²) in [5, 5.41) is 4.63. The fourth-order valence-corrected chi connectivity index (χ4v) is 3.34. The molecular formula is C16H22ClNO. The van der Waals surface area contributed by atoms with Crippen molar-refractivity contribution >= 4 is 11.6 Å². The van der Waals surface area contributed by atoms with Gasteiger partial charge in [-0.2, -0.15) is 0 Å². The molecular weight excluding hydrogens is 258 g/mol. The lowest BCUT2D eigenvalue weighted by atomic mass is 10.0. The van der Waals surface area contributed by atoms with Gasteiger partial charge in [-0.15, -0.1) is 0 Å². The summed E-state index contributed by atoms with van der Waals surface area (Å²) in [7, 11) is 1.79. The fraction of sp³-hybridized carbons (Fsp3) is 0.625. The molecule has 0 aliphatic heterocycles. The highest BCUT2D eigenvalue weighted by Gasteiger charge is 2.42. The first kappa shape index (κ1) is 13.4. The zero-order chi connectivity index (χ0) is 13.3. The zero-order valence-electron chi connectivity index (χ0n) is 11.5. The zero-order valence-corrected chi connectivity index (χ0v) is 12.3. The van der Waals surface area contributed by atoms with E-state index in [1.165, 1.54) is 36.8 Å². The summed E-state index contributed by atoms with van der Waals surface area (Å²) in [6.07, 6.45) is 6.25. The first-order chi connectivity index (χ1) is 9.22. The number of rotatable bonds is 6. The van der Waals surface area contributed by atoms with Gasteiger partial charge in [-0.3, -0.25) is 0 Å². The molecule has 0 radical (unpaired) electrons. The Bertz CT molecular complexity index is 456. The van der Waals surface area contributed by atoms with Crippen LogP contribution in [0.1, 0.15) is 42.9 Å². The van der Waals surface area contributed by atoms with Crippen molar-refractivity contribution < 1.29 is 4.74 Å². The number of aryl methyl sites for hydroxylation is 1. The van der Waals surface area contributed by atoms with Gasteiger partial charge in [-0.25, -0.2) is 0 Å². The molecule has 3 rings (SSSR count). The summed E-state index contributed by atoms with van der Waals surface area (Å²) in [6, 6.07) is 6.85. The second-order valence-electron chi connectivity index (χ2n) is 6.06. The normalized spacial score (nSPS) is 23.4. The lowest BCUT2D eigenvalue weighted by Crippen LogP contribution is -2.28. The van der Waals surface area contributed by atoms with Crippen LogP contribution < -0.4 is 5.32 Å². The summed E-state index contributed by atoms with van der Waals surface area (Å²) in [5.41, 5.74) is 3.39. The van der Waals surface area contributed by atoms with Crippen LogP contribution in [0, 0.1) is 5.41 Å². The van der Waals surface area contributed by atoms with Gasteiger partial charge in [0.15, 0.2) is 0 Å². The molecule has 0 saturated heterocycles. The predicted octanol–water partition coefficient (Wildman–Crippen LogP) is 3.73. The van der Waals surface area contributed by atoms with Gasteiger partial charge < -0.3 is 10.1 Å². The van der Waals surface area contributed by atoms with Crippen molar-refractivity contribution in [2.45, 2.75) is 38.1 Å². The number of hydrogen-bond acceptors (Lipinski definition) is 2. The van der Waals surface area contributed by atoms with Crippen LogP contribution in [0.3, 0.4) is 0 Å². The molecule has 1 atom stereocenters. The van der Waals surface area contributed by atoms with Crippen molar-refractivity contribution in [2.75, 3.05) is 20.3 Å². The third-order valence-corrected chi connectivity index (χ3v) is 4.93. The molecule has 0 spiro atoms. The number of fused-ring (bicyclic) bond motifs is 1. The van der Waals surface area contributed by atoms with Crippen molar-refractivity contribution in [1.29, 1.82) is 0 Å². The van der Waals surface area contributed by atoms with Gasteiger partial charge in [0.05, 0.1) is 0 Å². The number of ether oxygens (including phenoxy) is 1. The smallest absolute Gasteiger partial charge is 0.0468 e. The number of nitrogens with one attached hydrogen (secondary N) is 1. The Kier molecular flexibility index (Phi) is 3.84. The molecule has 0 aromatic heterocycles. The maximum absolute atomic E-state index is 6.05. The largest absolute Gasteiger partial charge is 0.385 e. The van der Waals surface area contributed by atoms with Crippen LogP contribution in [0.4, 0.5) is 0 Å². The van der Waals surface area contributed by atoms with Crippen molar-refractivity contribution in [1.82, 2.24) is 5.32 Å². The fourth-order valence-electron chi connectivity index (χ4n) is 3.15. The van der Waals surface area contributed by atoms with E-state index in [9.17, 15) is 0 Å². The maximum Gasteiger partial charge on any atom is 0.0468 e. The summed E-state index contributed by atoms with van der Waals surface area (Å²) in [6.45, 7) is 2.02. The van der Waals surface area contributed by atoms with E-state index in [1.807, 2.05) is 6.07 Å². The van der Waals surface area contributed by atoms with E-state index < -0.39 is 0 Å². The highest BCUT2D eigenvalue weighted by molar-refractivity contribution is 6.30. The van der Waals surface area contributed by atoms with Gasteiger partial charge in [0.2, 0.25) is 0 Å². The van der Waals surface area contributed by atoms with Crippen LogP contribution in [0.2, 0.25) is 5.02 Å². The van der Waals surface area contributed by atoms with Gasteiger partial charge in [-0.05, 0) is 60.8 Å². The number of benzene rings is 1. The van der Waals surface area contributed by atoms with Gasteiger partial charge in [0.1, 0.15) is 0 Å². The lowest BCUT2D eigenvalue weighted by Gasteiger charge is -2.20. The minimum absolute atomic E-state index is 0.519. The van der Waals surface area contributed by atoms with Gasteiger partial charge in [-0.1, -0.05) is 17.7 Å². The Morgan fingerprint density at radius 1 is 1.42 bits per heavy atom. The van der Waals surface area contributed by atoms with E-state index in [1.54, 1.807) is 7.11 Å². The molecule has 1 unspecified atom stereocenters. The summed E-state index contributed by atoms with van der Waals surface area (Å²) >= 11 is 6.05. The molecule has 2 aliphatic carbocycles. The summed E-state index contributed by atoms with van der Waals surface area (Å²) in [4.78, 5) is 0. The summed E-state index contributed by atoms with van der Waals surface area (Å²) < 4.78 is 5.22. The second-order valence-corrected chi connectivity index (χ2v) is 6.49. The van der Waals surface area contributed by atoms with E-state index in [2.05, 4.69) is 17.4 Å². The molecule has 1 N–H and O–H groups in total. The minimum Gasteiger partial charge on any atom is -0.385 e. The molecule has 2 aliphatic rings. The van der Waals surface area contributed by atoms with E-state index in [0.717, 1.165) is 24.6 Å². The molecule has 1 fully saturated rings. The highest BCUT2D eigenvalue weighted by Crippen LogP contribution is 2.48. The van der Waals surface area contributed by atoms with Gasteiger partial charge in [0.25, 0.3) is 0 Å². The number of hydrogen-bond donors (Lipinski definition) is 1. The number of methoxy groups -OCH3 is 1. The maximum atomic E-state index is 6.05. The Balaban J connectivity index is 1.58. The molecule has 2 nitrogen and oxygen atoms in total. The Morgan fingerprint density at radius 3 is 3.00 bits per heavy atom. The molecule has 0 bridgehead atoms. The number of halogens is 1. The Morgan fingerprint density at radius 2 is 2.26 bits per heavy atom. The van der Waals surface area contributed by atoms with Crippen LogP contribution in [-0.4, -0.2) is 20.3 Å². The lowest BCUT2D eigenvalue weighted by molar-refractivity contribution is 0.170. The van der Waals surface area contributed by atoms with Crippen molar-refractivity contribution in [2.24, 2.45) is 5.41 Å². The van der Waals surface area contributed by atoms with Crippen molar-refractivity contribution in [3.8, 4) is 0 Å². The molecule has 19 heavy (non-hydrogen) atoms. The van der Waals surface area contributed by atoms with Crippen LogP contribution >= 0.6 is 11.6 Å². The third-order valence-electron chi connectivity index (χ3n) is 4.70. The molecule has 104 valence electrons. The monoisotopic (exact) mass is 279 g/mol. The van der Waals surface area contributed by atoms with Crippen LogP contribution in [0.5, 0.6) is 0 Å². The van der Waals surface area contributed by atoms with Crippen molar-refractivity contribution in [3.63, 3.8) is 0 Å². The predicted molar refractivity (Wildman–Crippen MR) is 78.7 cm³/mol. The third kappa shape index (κ3) is 2.96. The standard InChI is InChI=1S/C16H22ClNO/c1-19-9-8-16(6-7-16)11-18-15-5-2-12-10-13(17)3-4-14(12)15/h3-4,10,15,18H,2,5-9,11H2,1H3. The topological polar surface area (TPSA) is 21.3 Å². The molecule has 1 saturated carbocycles. The summed E-state index contributed by atoms with van der Waals surface area (Å²) in [5.74, 6) is 0. The van der Waals surface area contributed by atoms with E-state index in [0.29, 0.717) is 11.5 Å². The van der Waals surface area contributed by atoms with Crippen molar-refractivity contribution in [3.05, 3.63) is 34.3 Å².